The van der Waals surface area contributed by atoms with Crippen LogP contribution < -0.4 is 32.9 Å². The van der Waals surface area contributed by atoms with Gasteiger partial charge in [0.1, 0.15) is 19.6 Å². The molecule has 0 fully saturated rings. The summed E-state index contributed by atoms with van der Waals surface area (Å²) in [5, 5.41) is 14.4. The van der Waals surface area contributed by atoms with Crippen LogP contribution in [0.3, 0.4) is 0 Å². The minimum atomic E-state index is -0.804. The van der Waals surface area contributed by atoms with Gasteiger partial charge in [0.2, 0.25) is 0 Å². The molecule has 1 nitrogen and oxygen atoms in total. The molecule has 0 aliphatic carbocycles. The van der Waals surface area contributed by atoms with Crippen molar-refractivity contribution in [2.24, 2.45) is 0 Å². The third-order valence-corrected chi connectivity index (χ3v) is 16.1. The molecule has 12 rings (SSSR count). The van der Waals surface area contributed by atoms with E-state index in [0.717, 1.165) is 24.1 Å². The summed E-state index contributed by atoms with van der Waals surface area (Å²) in [6.45, 7) is 2.61. The Hall–Kier alpha value is -6.67. The highest BCUT2D eigenvalue weighted by atomic mass is 79.9. The lowest BCUT2D eigenvalue weighted by Crippen LogP contribution is -3.00. The van der Waals surface area contributed by atoms with Gasteiger partial charge in [0, 0.05) is 27.8 Å². The molecule has 0 radical (unpaired) electrons. The van der Waals surface area contributed by atoms with Gasteiger partial charge in [0.15, 0.2) is 0 Å². The fourth-order valence-electron chi connectivity index (χ4n) is 10.7. The molecular formula is C62H47BrNP. The molecule has 65 heavy (non-hydrogen) atoms. The first-order chi connectivity index (χ1) is 31.6. The molecule has 312 valence electrons. The van der Waals surface area contributed by atoms with Crippen LogP contribution in [0.2, 0.25) is 0 Å². The third kappa shape index (κ3) is 7.47. The zero-order chi connectivity index (χ0) is 42.6. The van der Waals surface area contributed by atoms with Gasteiger partial charge < -0.3 is 21.5 Å². The van der Waals surface area contributed by atoms with E-state index in [4.69, 9.17) is 0 Å². The molecule has 0 bridgehead atoms. The van der Waals surface area contributed by atoms with Crippen molar-refractivity contribution in [2.75, 3.05) is 7.05 Å². The van der Waals surface area contributed by atoms with E-state index in [-0.39, 0.29) is 17.0 Å². The first kappa shape index (κ1) is 41.1. The number of halogens is 1. The van der Waals surface area contributed by atoms with Crippen LogP contribution in [-0.2, 0) is 19.6 Å². The highest BCUT2D eigenvalue weighted by molar-refractivity contribution is 7.79. The van der Waals surface area contributed by atoms with E-state index in [1.165, 1.54) is 109 Å². The van der Waals surface area contributed by atoms with Gasteiger partial charge in [-0.25, -0.2) is 0 Å². The summed E-state index contributed by atoms with van der Waals surface area (Å²) < 4.78 is 0.807. The van der Waals surface area contributed by atoms with Gasteiger partial charge in [0.25, 0.3) is 0 Å². The first-order valence-corrected chi connectivity index (χ1v) is 23.8. The fourth-order valence-corrected chi connectivity index (χ4v) is 13.2. The zero-order valence-electron chi connectivity index (χ0n) is 36.3. The second-order valence-corrected chi connectivity index (χ2v) is 20.0. The summed E-state index contributed by atoms with van der Waals surface area (Å²) in [5.74, 6) is 0. The average Bonchev–Trinajstić information content (AvgIpc) is 3.48. The maximum absolute atomic E-state index is 2.53. The van der Waals surface area contributed by atoms with Gasteiger partial charge in [-0.1, -0.05) is 206 Å². The molecule has 3 heteroatoms. The Kier molecular flexibility index (Phi) is 10.8. The smallest absolute Gasteiger partial charge is 0.106 e. The van der Waals surface area contributed by atoms with E-state index in [1.807, 2.05) is 0 Å². The van der Waals surface area contributed by atoms with Gasteiger partial charge in [-0.3, -0.25) is 0 Å². The molecule has 0 amide bonds. The van der Waals surface area contributed by atoms with E-state index >= 15 is 0 Å². The number of rotatable bonds is 7. The lowest BCUT2D eigenvalue weighted by Gasteiger charge is -2.36. The Morgan fingerprint density at radius 1 is 0.385 bits per heavy atom. The lowest BCUT2D eigenvalue weighted by atomic mass is 9.82. The number of benzene rings is 11. The van der Waals surface area contributed by atoms with Crippen LogP contribution in [0, 0.1) is 0 Å². The maximum Gasteiger partial charge on any atom is 0.106 e. The minimum Gasteiger partial charge on any atom is -1.00 e. The summed E-state index contributed by atoms with van der Waals surface area (Å²) in [7, 11) is 1.73. The molecule has 0 N–H and O–H groups in total. The van der Waals surface area contributed by atoms with Crippen LogP contribution in [0.5, 0.6) is 0 Å². The van der Waals surface area contributed by atoms with Gasteiger partial charge in [-0.2, -0.15) is 0 Å². The van der Waals surface area contributed by atoms with Gasteiger partial charge >= 0.3 is 0 Å². The van der Waals surface area contributed by atoms with Crippen LogP contribution in [-0.4, -0.2) is 11.5 Å². The maximum atomic E-state index is 2.53. The number of hydrogen-bond acceptors (Lipinski definition) is 0. The summed E-state index contributed by atoms with van der Waals surface area (Å²) >= 11 is 0. The predicted octanol–water partition coefficient (Wildman–Crippen LogP) is 11.7. The van der Waals surface area contributed by atoms with Crippen LogP contribution in [0.25, 0.3) is 76.5 Å². The number of nitrogens with zero attached hydrogens (tertiary/aromatic N) is 1. The van der Waals surface area contributed by atoms with Crippen LogP contribution in [0.15, 0.2) is 231 Å². The summed E-state index contributed by atoms with van der Waals surface area (Å²) in [4.78, 5) is 0. The SMILES string of the molecule is C[N+]1(Cc2ccccc2P(c2ccccc2)c2ccccc2)Cc2c(-c3ccc4ccccc4c3)cc3ccccc3c2-c2c(c(-c3ccc4ccccc4c3)cc3ccccc23)C1.[Br-]. The van der Waals surface area contributed by atoms with Crippen molar-refractivity contribution < 1.29 is 21.5 Å². The van der Waals surface area contributed by atoms with Gasteiger partial charge in [0.05, 0.1) is 7.05 Å². The number of fused-ring (bicyclic) bond motifs is 9. The average molecular weight is 917 g/mol. The third-order valence-electron chi connectivity index (χ3n) is 13.6. The Morgan fingerprint density at radius 2 is 0.785 bits per heavy atom. The van der Waals surface area contributed by atoms with Crippen molar-refractivity contribution >= 4 is 66.9 Å². The molecular weight excluding hydrogens is 870 g/mol. The second-order valence-electron chi connectivity index (χ2n) is 17.9. The molecule has 1 aliphatic rings. The standard InChI is InChI=1S/C62H47NP.BrH/c1-63(40-51-24-14-17-31-60(51)64(52-25-4-2-5-26-52)53-27-6-3-7-28-53)41-58-56(49-34-32-43-18-8-10-20-45(43)36-49)38-47-22-12-15-29-54(47)61(58)62-55-30-16-13-23-48(55)39-57(59(62)42-63)50-35-33-44-19-9-11-21-46(44)37-50;/h2-39H,40-42H2,1H3;1H/q+1;/p-1. The topological polar surface area (TPSA) is 0 Å². The molecule has 11 aromatic rings. The van der Waals surface area contributed by atoms with Crippen molar-refractivity contribution in [3.8, 4) is 33.4 Å². The van der Waals surface area contributed by atoms with E-state index in [9.17, 15) is 0 Å². The monoisotopic (exact) mass is 915 g/mol. The molecule has 1 aliphatic heterocycles. The van der Waals surface area contributed by atoms with E-state index in [1.54, 1.807) is 0 Å². The second kappa shape index (κ2) is 17.0. The van der Waals surface area contributed by atoms with E-state index < -0.39 is 7.92 Å². The Labute approximate surface area is 393 Å². The Bertz CT molecular complexity index is 3350. The summed E-state index contributed by atoms with van der Waals surface area (Å²) in [6.07, 6.45) is 0. The molecule has 1 heterocycles. The molecule has 0 unspecified atom stereocenters. The Balaban J connectivity index is 0.00000469. The lowest BCUT2D eigenvalue weighted by molar-refractivity contribution is -0.947. The summed E-state index contributed by atoms with van der Waals surface area (Å²) in [5.41, 5.74) is 12.2. The normalized spacial score (nSPS) is 13.1. The largest absolute Gasteiger partial charge is 1.00 e. The minimum absolute atomic E-state index is 0. The fraction of sp³-hybridized carbons (Fsp3) is 0.0645. The van der Waals surface area contributed by atoms with Gasteiger partial charge in [-0.15, -0.1) is 0 Å². The zero-order valence-corrected chi connectivity index (χ0v) is 38.8. The van der Waals surface area contributed by atoms with Crippen LogP contribution >= 0.6 is 7.92 Å². The van der Waals surface area contributed by atoms with Crippen molar-refractivity contribution in [3.05, 3.63) is 247 Å². The highest BCUT2D eigenvalue weighted by Gasteiger charge is 2.37. The highest BCUT2D eigenvalue weighted by Crippen LogP contribution is 2.50. The molecule has 0 aromatic heterocycles. The van der Waals surface area contributed by atoms with Crippen LogP contribution in [0.1, 0.15) is 16.7 Å². The van der Waals surface area contributed by atoms with Crippen molar-refractivity contribution in [3.63, 3.8) is 0 Å². The Morgan fingerprint density at radius 3 is 1.28 bits per heavy atom. The quantitative estimate of drug-likeness (QED) is 0.110. The van der Waals surface area contributed by atoms with Crippen LogP contribution in [0.4, 0.5) is 0 Å². The van der Waals surface area contributed by atoms with E-state index in [2.05, 4.69) is 238 Å². The molecule has 0 spiro atoms. The van der Waals surface area contributed by atoms with Crippen molar-refractivity contribution in [2.45, 2.75) is 19.6 Å². The first-order valence-electron chi connectivity index (χ1n) is 22.5. The molecule has 11 aromatic carbocycles. The number of hydrogen-bond donors (Lipinski definition) is 0. The van der Waals surface area contributed by atoms with Crippen molar-refractivity contribution in [1.29, 1.82) is 0 Å². The van der Waals surface area contributed by atoms with E-state index in [0.29, 0.717) is 0 Å². The predicted molar refractivity (Wildman–Crippen MR) is 275 cm³/mol. The van der Waals surface area contributed by atoms with Gasteiger partial charge in [-0.05, 0) is 113 Å². The van der Waals surface area contributed by atoms with Crippen molar-refractivity contribution in [1.82, 2.24) is 0 Å². The molecule has 0 saturated heterocycles. The molecule has 0 saturated carbocycles. The summed E-state index contributed by atoms with van der Waals surface area (Å²) in [6, 6.07) is 86.7. The molecule has 0 atom stereocenters. The number of quaternary nitrogens is 1.